The van der Waals surface area contributed by atoms with Crippen LogP contribution in [0.15, 0.2) is 6.07 Å². The minimum absolute atomic E-state index is 0.0643. The summed E-state index contributed by atoms with van der Waals surface area (Å²) < 4.78 is 2.01. The highest BCUT2D eigenvalue weighted by atomic mass is 16.2. The molecule has 0 radical (unpaired) electrons. The van der Waals surface area contributed by atoms with Crippen LogP contribution >= 0.6 is 0 Å². The SMILES string of the molecule is Cc1cc(C)n(C[C@H](C)CNC(=O)NCCCN2C[C@H](C)C[C@H](C)C2)n1. The zero-order valence-corrected chi connectivity index (χ0v) is 17.2. The van der Waals surface area contributed by atoms with E-state index >= 15 is 0 Å². The fourth-order valence-corrected chi connectivity index (χ4v) is 4.03. The third-order valence-corrected chi connectivity index (χ3v) is 5.08. The minimum Gasteiger partial charge on any atom is -0.338 e. The topological polar surface area (TPSA) is 62.2 Å². The molecule has 1 aromatic rings. The van der Waals surface area contributed by atoms with Crippen molar-refractivity contribution in [1.29, 1.82) is 0 Å². The molecule has 0 unspecified atom stereocenters. The van der Waals surface area contributed by atoms with Gasteiger partial charge in [0.2, 0.25) is 0 Å². The Labute approximate surface area is 158 Å². The van der Waals surface area contributed by atoms with Crippen LogP contribution in [0.2, 0.25) is 0 Å². The van der Waals surface area contributed by atoms with E-state index in [0.717, 1.165) is 43.6 Å². The zero-order valence-electron chi connectivity index (χ0n) is 17.2. The molecule has 1 saturated heterocycles. The number of hydrogen-bond donors (Lipinski definition) is 2. The number of nitrogens with zero attached hydrogens (tertiary/aromatic N) is 3. The van der Waals surface area contributed by atoms with Crippen molar-refractivity contribution in [3.8, 4) is 0 Å². The Bertz CT molecular complexity index is 561. The average molecular weight is 364 g/mol. The molecule has 2 heterocycles. The molecule has 1 aliphatic rings. The van der Waals surface area contributed by atoms with Crippen LogP contribution in [-0.2, 0) is 6.54 Å². The van der Waals surface area contributed by atoms with Crippen LogP contribution < -0.4 is 10.6 Å². The minimum atomic E-state index is -0.0643. The predicted molar refractivity (Wildman–Crippen MR) is 106 cm³/mol. The van der Waals surface area contributed by atoms with Crippen LogP contribution in [0, 0.1) is 31.6 Å². The number of aromatic nitrogens is 2. The number of carbonyl (C=O) groups is 1. The van der Waals surface area contributed by atoms with Crippen LogP contribution in [0.5, 0.6) is 0 Å². The standard InChI is InChI=1S/C20H37N5O/c1-15-9-16(2)13-24(12-15)8-6-7-21-20(26)22-11-17(3)14-25-19(5)10-18(4)23-25/h10,15-17H,6-9,11-14H2,1-5H3,(H2,21,22,26)/t15-,16+,17-/m1/s1. The van der Waals surface area contributed by atoms with Gasteiger partial charge in [-0.3, -0.25) is 4.68 Å². The number of nitrogens with one attached hydrogen (secondary N) is 2. The lowest BCUT2D eigenvalue weighted by Crippen LogP contribution is -2.42. The first-order valence-electron chi connectivity index (χ1n) is 10.1. The van der Waals surface area contributed by atoms with E-state index in [1.165, 1.54) is 25.2 Å². The van der Waals surface area contributed by atoms with E-state index in [1.807, 2.05) is 11.6 Å². The monoisotopic (exact) mass is 363 g/mol. The van der Waals surface area contributed by atoms with Crippen molar-refractivity contribution < 1.29 is 4.79 Å². The summed E-state index contributed by atoms with van der Waals surface area (Å²) in [5.41, 5.74) is 2.21. The predicted octanol–water partition coefficient (Wildman–Crippen LogP) is 2.80. The van der Waals surface area contributed by atoms with Gasteiger partial charge in [0.25, 0.3) is 0 Å². The van der Waals surface area contributed by atoms with Crippen LogP contribution in [0.25, 0.3) is 0 Å². The second-order valence-corrected chi connectivity index (χ2v) is 8.41. The molecule has 148 valence electrons. The number of carbonyl (C=O) groups excluding carboxylic acids is 1. The maximum atomic E-state index is 12.0. The summed E-state index contributed by atoms with van der Waals surface area (Å²) in [5, 5.41) is 10.4. The second-order valence-electron chi connectivity index (χ2n) is 8.41. The van der Waals surface area contributed by atoms with Gasteiger partial charge in [-0.05, 0) is 57.1 Å². The number of piperidine rings is 1. The van der Waals surface area contributed by atoms with E-state index in [-0.39, 0.29) is 6.03 Å². The number of amides is 2. The average Bonchev–Trinajstić information content (AvgIpc) is 2.86. The summed E-state index contributed by atoms with van der Waals surface area (Å²) >= 11 is 0. The fourth-order valence-electron chi connectivity index (χ4n) is 4.03. The smallest absolute Gasteiger partial charge is 0.314 e. The molecule has 0 bridgehead atoms. The van der Waals surface area contributed by atoms with Gasteiger partial charge in [-0.1, -0.05) is 20.8 Å². The van der Waals surface area contributed by atoms with E-state index < -0.39 is 0 Å². The molecule has 0 spiro atoms. The van der Waals surface area contributed by atoms with Crippen LogP contribution in [0.3, 0.4) is 0 Å². The lowest BCUT2D eigenvalue weighted by atomic mass is 9.92. The summed E-state index contributed by atoms with van der Waals surface area (Å²) in [6.45, 7) is 16.6. The van der Waals surface area contributed by atoms with Crippen LogP contribution in [-0.4, -0.2) is 53.4 Å². The molecule has 0 aliphatic carbocycles. The first-order chi connectivity index (χ1) is 12.3. The normalized spacial score (nSPS) is 22.2. The summed E-state index contributed by atoms with van der Waals surface area (Å²) in [7, 11) is 0. The molecule has 26 heavy (non-hydrogen) atoms. The quantitative estimate of drug-likeness (QED) is 0.698. The molecule has 0 aromatic carbocycles. The van der Waals surface area contributed by atoms with Crippen molar-refractivity contribution in [2.75, 3.05) is 32.7 Å². The molecule has 0 saturated carbocycles. The van der Waals surface area contributed by atoms with Gasteiger partial charge in [0.05, 0.1) is 5.69 Å². The van der Waals surface area contributed by atoms with Gasteiger partial charge in [0.15, 0.2) is 0 Å². The molecule has 2 N–H and O–H groups in total. The van der Waals surface area contributed by atoms with Gasteiger partial charge >= 0.3 is 6.03 Å². The van der Waals surface area contributed by atoms with Crippen molar-refractivity contribution in [2.24, 2.45) is 17.8 Å². The van der Waals surface area contributed by atoms with Gasteiger partial charge in [-0.2, -0.15) is 5.10 Å². The van der Waals surface area contributed by atoms with Crippen molar-refractivity contribution in [3.05, 3.63) is 17.5 Å². The number of likely N-dealkylation sites (tertiary alicyclic amines) is 1. The van der Waals surface area contributed by atoms with E-state index in [2.05, 4.69) is 54.4 Å². The van der Waals surface area contributed by atoms with Crippen LogP contribution in [0.1, 0.15) is 45.0 Å². The zero-order chi connectivity index (χ0) is 19.1. The van der Waals surface area contributed by atoms with Crippen molar-refractivity contribution in [2.45, 2.75) is 54.0 Å². The maximum absolute atomic E-state index is 12.0. The summed E-state index contributed by atoms with van der Waals surface area (Å²) in [4.78, 5) is 14.5. The Morgan fingerprint density at radius 2 is 1.96 bits per heavy atom. The maximum Gasteiger partial charge on any atom is 0.314 e. The summed E-state index contributed by atoms with van der Waals surface area (Å²) in [5.74, 6) is 1.92. The molecule has 1 aliphatic heterocycles. The second kappa shape index (κ2) is 9.95. The molecule has 1 fully saturated rings. The van der Waals surface area contributed by atoms with Crippen LogP contribution in [0.4, 0.5) is 4.79 Å². The van der Waals surface area contributed by atoms with E-state index in [9.17, 15) is 4.79 Å². The summed E-state index contributed by atoms with van der Waals surface area (Å²) in [6, 6.07) is 2.02. The number of aryl methyl sites for hydroxylation is 2. The fraction of sp³-hybridized carbons (Fsp3) is 0.800. The van der Waals surface area contributed by atoms with Crippen molar-refractivity contribution >= 4 is 6.03 Å². The number of rotatable bonds is 8. The lowest BCUT2D eigenvalue weighted by Gasteiger charge is -2.34. The molecular formula is C20H37N5O. The first kappa shape index (κ1) is 20.7. The van der Waals surface area contributed by atoms with Gasteiger partial charge in [0.1, 0.15) is 0 Å². The third-order valence-electron chi connectivity index (χ3n) is 5.08. The van der Waals surface area contributed by atoms with Crippen molar-refractivity contribution in [3.63, 3.8) is 0 Å². The molecule has 2 amide bonds. The van der Waals surface area contributed by atoms with Gasteiger partial charge in [-0.25, -0.2) is 4.79 Å². The molecular weight excluding hydrogens is 326 g/mol. The lowest BCUT2D eigenvalue weighted by molar-refractivity contribution is 0.139. The highest BCUT2D eigenvalue weighted by Gasteiger charge is 2.21. The Morgan fingerprint density at radius 1 is 1.27 bits per heavy atom. The molecule has 2 rings (SSSR count). The molecule has 3 atom stereocenters. The first-order valence-corrected chi connectivity index (χ1v) is 10.1. The molecule has 6 heteroatoms. The summed E-state index contributed by atoms with van der Waals surface area (Å²) in [6.07, 6.45) is 2.35. The number of hydrogen-bond acceptors (Lipinski definition) is 3. The van der Waals surface area contributed by atoms with E-state index in [1.54, 1.807) is 0 Å². The van der Waals surface area contributed by atoms with E-state index in [0.29, 0.717) is 12.5 Å². The third kappa shape index (κ3) is 6.98. The molecule has 1 aromatic heterocycles. The number of urea groups is 1. The largest absolute Gasteiger partial charge is 0.338 e. The molecule has 6 nitrogen and oxygen atoms in total. The Kier molecular flexibility index (Phi) is 7.94. The highest BCUT2D eigenvalue weighted by Crippen LogP contribution is 2.20. The highest BCUT2D eigenvalue weighted by molar-refractivity contribution is 5.73. The van der Waals surface area contributed by atoms with Gasteiger partial charge in [-0.15, -0.1) is 0 Å². The Morgan fingerprint density at radius 3 is 2.58 bits per heavy atom. The van der Waals surface area contributed by atoms with Gasteiger partial charge < -0.3 is 15.5 Å². The Balaban J connectivity index is 1.56. The Hall–Kier alpha value is -1.56. The van der Waals surface area contributed by atoms with Gasteiger partial charge in [0, 0.05) is 38.4 Å². The van der Waals surface area contributed by atoms with E-state index in [4.69, 9.17) is 0 Å². The van der Waals surface area contributed by atoms with Crippen molar-refractivity contribution in [1.82, 2.24) is 25.3 Å².